The van der Waals surface area contributed by atoms with Crippen LogP contribution in [0.5, 0.6) is 0 Å². The van der Waals surface area contributed by atoms with Crippen molar-refractivity contribution >= 4 is 14.8 Å². The quantitative estimate of drug-likeness (QED) is 0.307. The first-order valence-electron chi connectivity index (χ1n) is 3.54. The molecule has 0 aliphatic rings. The van der Waals surface area contributed by atoms with Crippen molar-refractivity contribution in [2.75, 3.05) is 6.61 Å². The molecule has 0 heterocycles. The van der Waals surface area contributed by atoms with Crippen LogP contribution < -0.4 is 0 Å². The van der Waals surface area contributed by atoms with Crippen molar-refractivity contribution in [3.05, 3.63) is 0 Å². The fourth-order valence-corrected chi connectivity index (χ4v) is 0.888. The average molecular weight is 212 g/mol. The topological polar surface area (TPSA) is 118 Å². The van der Waals surface area contributed by atoms with Gasteiger partial charge in [-0.25, -0.2) is 0 Å². The molecule has 0 fully saturated rings. The van der Waals surface area contributed by atoms with Gasteiger partial charge in [0.25, 0.3) is 0 Å². The van der Waals surface area contributed by atoms with Crippen molar-refractivity contribution in [3.8, 4) is 0 Å². The highest BCUT2D eigenvalue weighted by Gasteiger charge is 2.32. The van der Waals surface area contributed by atoms with Gasteiger partial charge in [-0.15, -0.1) is 0 Å². The first-order chi connectivity index (χ1) is 5.91. The lowest BCUT2D eigenvalue weighted by Crippen LogP contribution is -2.47. The van der Waals surface area contributed by atoms with Gasteiger partial charge in [0.2, 0.25) is 0 Å². The molecule has 0 aliphatic carbocycles. The normalized spacial score (nSPS) is 20.5. The van der Waals surface area contributed by atoms with Gasteiger partial charge in [-0.2, -0.15) is 0 Å². The molecule has 0 aliphatic heterocycles. The van der Waals surface area contributed by atoms with Crippen LogP contribution >= 0.6 is 9.24 Å². The number of hydrogen-bond donors (Lipinski definition) is 5. The zero-order valence-electron chi connectivity index (χ0n) is 6.74. The van der Waals surface area contributed by atoms with Crippen LogP contribution in [0.3, 0.4) is 0 Å². The summed E-state index contributed by atoms with van der Waals surface area (Å²) in [6.07, 6.45) is -6.95. The third kappa shape index (κ3) is 3.64. The largest absolute Gasteiger partial charge is 0.394 e. The van der Waals surface area contributed by atoms with Gasteiger partial charge >= 0.3 is 0 Å². The summed E-state index contributed by atoms with van der Waals surface area (Å²) >= 11 is 0. The molecule has 13 heavy (non-hydrogen) atoms. The van der Waals surface area contributed by atoms with E-state index in [1.165, 1.54) is 0 Å². The molecular weight excluding hydrogens is 199 g/mol. The predicted octanol–water partition coefficient (Wildman–Crippen LogP) is -3.18. The highest BCUT2D eigenvalue weighted by Crippen LogP contribution is 2.08. The predicted molar refractivity (Wildman–Crippen MR) is 45.8 cm³/mol. The van der Waals surface area contributed by atoms with Crippen LogP contribution in [0.1, 0.15) is 0 Å². The van der Waals surface area contributed by atoms with Crippen molar-refractivity contribution < 1.29 is 30.3 Å². The van der Waals surface area contributed by atoms with Crippen LogP contribution in [0.25, 0.3) is 0 Å². The molecule has 0 radical (unpaired) electrons. The summed E-state index contributed by atoms with van der Waals surface area (Å²) in [6.45, 7) is -0.768. The number of rotatable bonds is 5. The first-order valence-corrected chi connectivity index (χ1v) is 4.12. The van der Waals surface area contributed by atoms with Crippen LogP contribution in [0, 0.1) is 0 Å². The van der Waals surface area contributed by atoms with Gasteiger partial charge in [-0.1, -0.05) is 9.24 Å². The molecule has 0 rings (SSSR count). The van der Waals surface area contributed by atoms with Crippen LogP contribution in [0.2, 0.25) is 0 Å². The van der Waals surface area contributed by atoms with E-state index in [-0.39, 0.29) is 0 Å². The molecule has 7 heteroatoms. The van der Waals surface area contributed by atoms with E-state index in [4.69, 9.17) is 25.5 Å². The Balaban J connectivity index is 4.24. The lowest BCUT2D eigenvalue weighted by molar-refractivity contribution is -0.139. The van der Waals surface area contributed by atoms with Gasteiger partial charge in [-0.05, 0) is 0 Å². The first kappa shape index (κ1) is 12.9. The zero-order chi connectivity index (χ0) is 10.6. The molecule has 1 unspecified atom stereocenters. The zero-order valence-corrected chi connectivity index (χ0v) is 7.89. The molecule has 0 spiro atoms. The Kier molecular flexibility index (Phi) is 5.55. The fraction of sp³-hybridized carbons (Fsp3) is 0.833. The Hall–Kier alpha value is -0.100. The SMILES string of the molecule is O=C(P)[C@H](O)[C@@H](O)[C@H](O)[C@H](O)CO. The molecule has 5 atom stereocenters. The molecule has 0 saturated carbocycles. The van der Waals surface area contributed by atoms with Crippen molar-refractivity contribution in [1.82, 2.24) is 0 Å². The summed E-state index contributed by atoms with van der Waals surface area (Å²) in [6, 6.07) is 0. The van der Waals surface area contributed by atoms with Gasteiger partial charge in [-0.3, -0.25) is 4.79 Å². The monoisotopic (exact) mass is 212 g/mol. The third-order valence-electron chi connectivity index (χ3n) is 1.55. The van der Waals surface area contributed by atoms with E-state index in [9.17, 15) is 4.79 Å². The van der Waals surface area contributed by atoms with Gasteiger partial charge in [0.1, 0.15) is 24.4 Å². The molecule has 5 N–H and O–H groups in total. The number of carbonyl (C=O) groups excluding carboxylic acids is 1. The smallest absolute Gasteiger partial charge is 0.179 e. The van der Waals surface area contributed by atoms with E-state index in [0.717, 1.165) is 0 Å². The van der Waals surface area contributed by atoms with Crippen molar-refractivity contribution in [2.24, 2.45) is 0 Å². The van der Waals surface area contributed by atoms with Crippen LogP contribution in [-0.2, 0) is 4.79 Å². The number of carbonyl (C=O) groups is 1. The minimum absolute atomic E-state index is 0.768. The Morgan fingerprint density at radius 3 is 1.92 bits per heavy atom. The Labute approximate surface area is 77.0 Å². The Morgan fingerprint density at radius 1 is 1.15 bits per heavy atom. The Bertz CT molecular complexity index is 175. The summed E-state index contributed by atoms with van der Waals surface area (Å²) in [7, 11) is 1.63. The fourth-order valence-electron chi connectivity index (χ4n) is 0.691. The van der Waals surface area contributed by atoms with Gasteiger partial charge in [0, 0.05) is 0 Å². The number of hydrogen-bond acceptors (Lipinski definition) is 6. The Morgan fingerprint density at radius 2 is 1.62 bits per heavy atom. The van der Waals surface area contributed by atoms with E-state index >= 15 is 0 Å². The molecule has 6 nitrogen and oxygen atoms in total. The second kappa shape index (κ2) is 5.59. The second-order valence-electron chi connectivity index (χ2n) is 2.58. The van der Waals surface area contributed by atoms with Crippen LogP contribution in [-0.4, -0.2) is 62.1 Å². The third-order valence-corrected chi connectivity index (χ3v) is 1.89. The minimum atomic E-state index is -1.81. The van der Waals surface area contributed by atoms with Crippen molar-refractivity contribution in [3.63, 3.8) is 0 Å². The summed E-state index contributed by atoms with van der Waals surface area (Å²) < 4.78 is 0. The lowest BCUT2D eigenvalue weighted by atomic mass is 10.0. The molecular formula is C6H13O6P. The van der Waals surface area contributed by atoms with Crippen LogP contribution in [0.15, 0.2) is 0 Å². The summed E-state index contributed by atoms with van der Waals surface area (Å²) in [5.41, 5.74) is -0.809. The van der Waals surface area contributed by atoms with E-state index in [0.29, 0.717) is 0 Å². The highest BCUT2D eigenvalue weighted by atomic mass is 31.0. The van der Waals surface area contributed by atoms with Gasteiger partial charge < -0.3 is 25.5 Å². The number of aliphatic hydroxyl groups excluding tert-OH is 5. The maximum Gasteiger partial charge on any atom is 0.179 e. The molecule has 0 aromatic heterocycles. The lowest BCUT2D eigenvalue weighted by Gasteiger charge is -2.23. The molecule has 0 aromatic carbocycles. The van der Waals surface area contributed by atoms with E-state index in [1.54, 1.807) is 9.24 Å². The van der Waals surface area contributed by atoms with Crippen LogP contribution in [0.4, 0.5) is 0 Å². The minimum Gasteiger partial charge on any atom is -0.394 e. The standard InChI is InChI=1S/C6H13O6P/c7-1-2(8)3(9)4(10)5(11)6(12)13/h2-5,7-11H,1,13H2/t2-,3-,4+,5-/m1/s1. The summed E-state index contributed by atoms with van der Waals surface area (Å²) in [5, 5.41) is 44.2. The average Bonchev–Trinajstić information content (AvgIpc) is 2.12. The molecule has 0 saturated heterocycles. The maximum absolute atomic E-state index is 10.5. The molecule has 0 bridgehead atoms. The van der Waals surface area contributed by atoms with Gasteiger partial charge in [0.15, 0.2) is 5.52 Å². The van der Waals surface area contributed by atoms with Crippen molar-refractivity contribution in [2.45, 2.75) is 24.4 Å². The maximum atomic E-state index is 10.5. The van der Waals surface area contributed by atoms with E-state index in [2.05, 4.69) is 0 Å². The van der Waals surface area contributed by atoms with E-state index in [1.807, 2.05) is 0 Å². The second-order valence-corrected chi connectivity index (χ2v) is 3.15. The number of aliphatic hydroxyl groups is 5. The molecule has 78 valence electrons. The highest BCUT2D eigenvalue weighted by molar-refractivity contribution is 7.40. The van der Waals surface area contributed by atoms with E-state index < -0.39 is 36.5 Å². The summed E-state index contributed by atoms with van der Waals surface area (Å²) in [5.74, 6) is 0. The molecule has 0 aromatic rings. The van der Waals surface area contributed by atoms with Gasteiger partial charge in [0.05, 0.1) is 6.61 Å². The summed E-state index contributed by atoms with van der Waals surface area (Å²) in [4.78, 5) is 10.5. The van der Waals surface area contributed by atoms with Crippen molar-refractivity contribution in [1.29, 1.82) is 0 Å². The molecule has 0 amide bonds.